The predicted molar refractivity (Wildman–Crippen MR) is 77.6 cm³/mol. The summed E-state index contributed by atoms with van der Waals surface area (Å²) in [5.74, 6) is -0.0208. The highest BCUT2D eigenvalue weighted by Crippen LogP contribution is 2.57. The minimum absolute atomic E-state index is 0.199. The first-order valence-electron chi connectivity index (χ1n) is 6.65. The number of hydrogen-bond donors (Lipinski definition) is 2. The first kappa shape index (κ1) is 12.7. The van der Waals surface area contributed by atoms with Crippen LogP contribution in [0.2, 0.25) is 0 Å². The van der Waals surface area contributed by atoms with Crippen molar-refractivity contribution in [2.24, 2.45) is 0 Å². The van der Waals surface area contributed by atoms with E-state index in [-0.39, 0.29) is 17.2 Å². The van der Waals surface area contributed by atoms with Gasteiger partial charge in [-0.3, -0.25) is 9.59 Å². The van der Waals surface area contributed by atoms with E-state index in [0.29, 0.717) is 6.67 Å². The van der Waals surface area contributed by atoms with E-state index in [4.69, 9.17) is 0 Å². The fourth-order valence-corrected chi connectivity index (χ4v) is 2.78. The quantitative estimate of drug-likeness (QED) is 0.642. The summed E-state index contributed by atoms with van der Waals surface area (Å²) in [5, 5.41) is 5.75. The lowest BCUT2D eigenvalue weighted by Gasteiger charge is -2.12. The molecular formula is C15H17N3O2. The molecule has 0 radical (unpaired) electrons. The van der Waals surface area contributed by atoms with Gasteiger partial charge in [0.15, 0.2) is 0 Å². The van der Waals surface area contributed by atoms with E-state index in [0.717, 1.165) is 29.8 Å². The van der Waals surface area contributed by atoms with Crippen molar-refractivity contribution < 1.29 is 9.59 Å². The monoisotopic (exact) mass is 271 g/mol. The third kappa shape index (κ3) is 1.78. The van der Waals surface area contributed by atoms with Gasteiger partial charge in [-0.05, 0) is 36.6 Å². The Kier molecular flexibility index (Phi) is 2.78. The zero-order chi connectivity index (χ0) is 14.3. The Morgan fingerprint density at radius 2 is 2.25 bits per heavy atom. The molecule has 1 aliphatic carbocycles. The lowest BCUT2D eigenvalue weighted by atomic mass is 9.98. The molecule has 5 heteroatoms. The molecule has 1 fully saturated rings. The summed E-state index contributed by atoms with van der Waals surface area (Å²) in [7, 11) is 1.82. The molecular weight excluding hydrogens is 254 g/mol. The minimum Gasteiger partial charge on any atom is -0.368 e. The van der Waals surface area contributed by atoms with Gasteiger partial charge in [-0.25, -0.2) is 0 Å². The van der Waals surface area contributed by atoms with Crippen LogP contribution in [0.3, 0.4) is 0 Å². The lowest BCUT2D eigenvalue weighted by Crippen LogP contribution is -2.28. The molecule has 0 atom stereocenters. The second kappa shape index (κ2) is 4.37. The highest BCUT2D eigenvalue weighted by Gasteiger charge is 2.58. The fourth-order valence-electron chi connectivity index (χ4n) is 2.78. The van der Waals surface area contributed by atoms with Crippen LogP contribution in [0.25, 0.3) is 0 Å². The number of fused-ring (bicyclic) bond motifs is 2. The lowest BCUT2D eigenvalue weighted by molar-refractivity contribution is -0.120. The van der Waals surface area contributed by atoms with Gasteiger partial charge in [0.1, 0.15) is 0 Å². The molecule has 1 aromatic rings. The number of nitrogens with one attached hydrogen (secondary N) is 2. The van der Waals surface area contributed by atoms with Gasteiger partial charge in [-0.2, -0.15) is 0 Å². The van der Waals surface area contributed by atoms with Crippen LogP contribution in [0.5, 0.6) is 0 Å². The van der Waals surface area contributed by atoms with Crippen LogP contribution < -0.4 is 15.5 Å². The van der Waals surface area contributed by atoms with Crippen LogP contribution in [0.4, 0.5) is 11.4 Å². The van der Waals surface area contributed by atoms with E-state index in [9.17, 15) is 9.59 Å². The largest absolute Gasteiger partial charge is 0.368 e. The molecule has 1 saturated carbocycles. The highest BCUT2D eigenvalue weighted by molar-refractivity contribution is 6.10. The van der Waals surface area contributed by atoms with Crippen molar-refractivity contribution in [3.05, 3.63) is 36.4 Å². The van der Waals surface area contributed by atoms with E-state index < -0.39 is 0 Å². The smallest absolute Gasteiger partial charge is 0.244 e. The molecule has 5 nitrogen and oxygen atoms in total. The molecule has 0 unspecified atom stereocenters. The summed E-state index contributed by atoms with van der Waals surface area (Å²) < 4.78 is 0. The maximum Gasteiger partial charge on any atom is 0.244 e. The number of anilines is 2. The number of amides is 2. The van der Waals surface area contributed by atoms with Crippen molar-refractivity contribution in [1.82, 2.24) is 5.32 Å². The second-order valence-corrected chi connectivity index (χ2v) is 5.28. The Morgan fingerprint density at radius 3 is 2.90 bits per heavy atom. The number of rotatable bonds is 4. The van der Waals surface area contributed by atoms with Gasteiger partial charge >= 0.3 is 0 Å². The van der Waals surface area contributed by atoms with E-state index in [2.05, 4.69) is 17.2 Å². The number of nitrogens with zero attached hydrogens (tertiary/aromatic N) is 1. The molecule has 1 heterocycles. The van der Waals surface area contributed by atoms with Crippen LogP contribution >= 0.6 is 0 Å². The average Bonchev–Trinajstić information content (AvgIpc) is 3.23. The molecule has 2 aliphatic rings. The van der Waals surface area contributed by atoms with E-state index in [1.54, 1.807) is 4.90 Å². The van der Waals surface area contributed by atoms with Crippen molar-refractivity contribution in [3.8, 4) is 0 Å². The molecule has 20 heavy (non-hydrogen) atoms. The summed E-state index contributed by atoms with van der Waals surface area (Å²) >= 11 is 0. The minimum atomic E-state index is -0.236. The van der Waals surface area contributed by atoms with Crippen molar-refractivity contribution in [3.63, 3.8) is 0 Å². The first-order valence-corrected chi connectivity index (χ1v) is 6.65. The Morgan fingerprint density at radius 1 is 1.50 bits per heavy atom. The summed E-state index contributed by atoms with van der Waals surface area (Å²) in [5.41, 5.74) is 2.74. The second-order valence-electron chi connectivity index (χ2n) is 5.28. The predicted octanol–water partition coefficient (Wildman–Crippen LogP) is 1.37. The fraction of sp³-hybridized carbons (Fsp3) is 0.333. The van der Waals surface area contributed by atoms with Crippen molar-refractivity contribution in [2.45, 2.75) is 18.3 Å². The van der Waals surface area contributed by atoms with Crippen LogP contribution in [0.1, 0.15) is 18.4 Å². The first-order chi connectivity index (χ1) is 9.58. The number of carbonyl (C=O) groups excluding carboxylic acids is 2. The Balaban J connectivity index is 1.76. The highest BCUT2D eigenvalue weighted by atomic mass is 16.2. The number of hydrogen-bond acceptors (Lipinski definition) is 3. The third-order valence-electron chi connectivity index (χ3n) is 4.08. The van der Waals surface area contributed by atoms with Gasteiger partial charge < -0.3 is 15.5 Å². The van der Waals surface area contributed by atoms with Crippen LogP contribution in [-0.4, -0.2) is 25.5 Å². The molecule has 0 bridgehead atoms. The molecule has 2 amide bonds. The Labute approximate surface area is 117 Å². The topological polar surface area (TPSA) is 61.4 Å². The molecule has 1 aliphatic heterocycles. The summed E-state index contributed by atoms with van der Waals surface area (Å²) in [6.45, 7) is 3.72. The van der Waals surface area contributed by atoms with E-state index in [1.165, 1.54) is 6.08 Å². The van der Waals surface area contributed by atoms with Crippen LogP contribution in [0, 0.1) is 0 Å². The number of likely N-dealkylation sites (N-methyl/N-ethyl adjacent to an activating group) is 1. The zero-order valence-electron chi connectivity index (χ0n) is 11.4. The van der Waals surface area contributed by atoms with E-state index >= 15 is 0 Å². The zero-order valence-corrected chi connectivity index (χ0v) is 11.4. The average molecular weight is 271 g/mol. The Bertz CT molecular complexity index is 605. The molecule has 104 valence electrons. The maximum absolute atomic E-state index is 12.2. The summed E-state index contributed by atoms with van der Waals surface area (Å²) in [4.78, 5) is 25.0. The molecule has 2 N–H and O–H groups in total. The maximum atomic E-state index is 12.2. The molecule has 0 aromatic heterocycles. The van der Waals surface area contributed by atoms with Crippen molar-refractivity contribution in [1.29, 1.82) is 0 Å². The van der Waals surface area contributed by atoms with Crippen LogP contribution in [0.15, 0.2) is 30.9 Å². The standard InChI is InChI=1S/C15H17N3O2/c1-3-13(19)17-9-16-10-4-5-11-12(8-10)18(2)14(20)15(11)6-7-15/h3-5,8,16H,1,6-7,9H2,2H3,(H,17,19). The van der Waals surface area contributed by atoms with Gasteiger partial charge in [0.05, 0.1) is 12.1 Å². The van der Waals surface area contributed by atoms with Gasteiger partial charge in [0.2, 0.25) is 11.8 Å². The van der Waals surface area contributed by atoms with Crippen LogP contribution in [-0.2, 0) is 15.0 Å². The van der Waals surface area contributed by atoms with Crippen molar-refractivity contribution >= 4 is 23.2 Å². The van der Waals surface area contributed by atoms with Gasteiger partial charge in [-0.1, -0.05) is 12.6 Å². The number of benzene rings is 1. The summed E-state index contributed by atoms with van der Waals surface area (Å²) in [6.07, 6.45) is 3.13. The Hall–Kier alpha value is -2.30. The SMILES string of the molecule is C=CC(=O)NCNc1ccc2c(c1)N(C)C(=O)C21CC1. The number of carbonyl (C=O) groups is 2. The molecule has 1 spiro atoms. The normalized spacial score (nSPS) is 17.9. The van der Waals surface area contributed by atoms with Gasteiger partial charge in [0, 0.05) is 18.4 Å². The van der Waals surface area contributed by atoms with E-state index in [1.807, 2.05) is 25.2 Å². The van der Waals surface area contributed by atoms with Gasteiger partial charge in [-0.15, -0.1) is 0 Å². The molecule has 1 aromatic carbocycles. The summed E-state index contributed by atoms with van der Waals surface area (Å²) in [6, 6.07) is 5.92. The molecule has 3 rings (SSSR count). The third-order valence-corrected chi connectivity index (χ3v) is 4.08. The van der Waals surface area contributed by atoms with Gasteiger partial charge in [0.25, 0.3) is 0 Å². The van der Waals surface area contributed by atoms with Crippen molar-refractivity contribution in [2.75, 3.05) is 23.9 Å². The molecule has 0 saturated heterocycles.